The molecule has 2 aromatic carbocycles. The summed E-state index contributed by atoms with van der Waals surface area (Å²) in [6, 6.07) is 7.57. The highest BCUT2D eigenvalue weighted by atomic mass is 16.6. The number of imide groups is 1. The minimum atomic E-state index is -0.499. The van der Waals surface area contributed by atoms with E-state index in [0.29, 0.717) is 28.4 Å². The van der Waals surface area contributed by atoms with Crippen LogP contribution < -0.4 is 0 Å². The molecule has 0 N–H and O–H groups in total. The van der Waals surface area contributed by atoms with Crippen molar-refractivity contribution in [2.24, 2.45) is 0 Å². The van der Waals surface area contributed by atoms with Crippen molar-refractivity contribution in [1.82, 2.24) is 4.90 Å². The molecule has 0 radical (unpaired) electrons. The Kier molecular flexibility index (Phi) is 3.36. The summed E-state index contributed by atoms with van der Waals surface area (Å²) >= 11 is 0. The lowest BCUT2D eigenvalue weighted by Crippen LogP contribution is -2.40. The highest BCUT2D eigenvalue weighted by molar-refractivity contribution is 6.26. The Morgan fingerprint density at radius 1 is 1.09 bits per heavy atom. The molecule has 1 heterocycles. The molecule has 6 heteroatoms. The van der Waals surface area contributed by atoms with Gasteiger partial charge in [-0.1, -0.05) is 19.4 Å². The van der Waals surface area contributed by atoms with Crippen LogP contribution >= 0.6 is 0 Å². The van der Waals surface area contributed by atoms with Gasteiger partial charge in [0.05, 0.1) is 10.3 Å². The van der Waals surface area contributed by atoms with E-state index in [1.54, 1.807) is 18.2 Å². The van der Waals surface area contributed by atoms with Crippen molar-refractivity contribution < 1.29 is 14.5 Å². The van der Waals surface area contributed by atoms with E-state index in [1.165, 1.54) is 17.0 Å². The van der Waals surface area contributed by atoms with Gasteiger partial charge in [0.25, 0.3) is 17.5 Å². The van der Waals surface area contributed by atoms with Gasteiger partial charge < -0.3 is 0 Å². The van der Waals surface area contributed by atoms with Gasteiger partial charge in [-0.15, -0.1) is 0 Å². The lowest BCUT2D eigenvalue weighted by molar-refractivity contribution is -0.383. The second-order valence-corrected chi connectivity index (χ2v) is 5.23. The lowest BCUT2D eigenvalue weighted by Gasteiger charge is -2.26. The number of nitrogens with zero attached hydrogens (tertiary/aromatic N) is 2. The summed E-state index contributed by atoms with van der Waals surface area (Å²) in [6.07, 6.45) is 1.60. The molecular weight excluding hydrogens is 284 g/mol. The molecule has 0 fully saturated rings. The van der Waals surface area contributed by atoms with Crippen LogP contribution in [0, 0.1) is 10.1 Å². The van der Waals surface area contributed by atoms with Gasteiger partial charge in [0.1, 0.15) is 0 Å². The third-order valence-corrected chi connectivity index (χ3v) is 3.90. The van der Waals surface area contributed by atoms with Crippen LogP contribution in [0.3, 0.4) is 0 Å². The van der Waals surface area contributed by atoms with Crippen molar-refractivity contribution >= 4 is 28.3 Å². The highest BCUT2D eigenvalue weighted by Crippen LogP contribution is 2.35. The smallest absolute Gasteiger partial charge is 0.274 e. The quantitative estimate of drug-likeness (QED) is 0.493. The number of benzene rings is 2. The predicted molar refractivity (Wildman–Crippen MR) is 80.9 cm³/mol. The first-order valence-corrected chi connectivity index (χ1v) is 7.12. The molecule has 112 valence electrons. The van der Waals surface area contributed by atoms with E-state index in [0.717, 1.165) is 12.8 Å². The van der Waals surface area contributed by atoms with Crippen LogP contribution in [0.1, 0.15) is 40.5 Å². The normalized spacial score (nSPS) is 13.8. The number of nitro benzene ring substituents is 1. The van der Waals surface area contributed by atoms with Crippen LogP contribution in [-0.2, 0) is 0 Å². The second-order valence-electron chi connectivity index (χ2n) is 5.23. The topological polar surface area (TPSA) is 80.5 Å². The maximum atomic E-state index is 12.5. The average Bonchev–Trinajstić information content (AvgIpc) is 2.51. The summed E-state index contributed by atoms with van der Waals surface area (Å²) in [5, 5.41) is 11.9. The molecular formula is C16H14N2O4. The van der Waals surface area contributed by atoms with Crippen LogP contribution in [0.5, 0.6) is 0 Å². The molecule has 0 saturated carbocycles. The monoisotopic (exact) mass is 298 g/mol. The van der Waals surface area contributed by atoms with Crippen molar-refractivity contribution in [1.29, 1.82) is 0 Å². The van der Waals surface area contributed by atoms with Crippen molar-refractivity contribution in [3.05, 3.63) is 51.6 Å². The summed E-state index contributed by atoms with van der Waals surface area (Å²) in [6.45, 7) is 2.35. The van der Waals surface area contributed by atoms with Crippen LogP contribution in [0.4, 0.5) is 5.69 Å². The molecule has 0 atom stereocenters. The number of amides is 2. The standard InChI is InChI=1S/C16H14N2O4/c1-2-3-9-17-15(19)11-6-4-5-10-13(18(21)22)8-7-12(14(10)11)16(17)20/h4-8H,2-3,9H2,1H3. The minimum absolute atomic E-state index is 0.0943. The summed E-state index contributed by atoms with van der Waals surface area (Å²) in [4.78, 5) is 36.9. The number of nitro groups is 1. The van der Waals surface area contributed by atoms with Gasteiger partial charge in [0.2, 0.25) is 0 Å². The second kappa shape index (κ2) is 5.22. The highest BCUT2D eigenvalue weighted by Gasteiger charge is 2.34. The molecule has 2 amide bonds. The first-order chi connectivity index (χ1) is 10.6. The molecule has 3 rings (SSSR count). The fourth-order valence-corrected chi connectivity index (χ4v) is 2.81. The molecule has 0 spiro atoms. The van der Waals surface area contributed by atoms with Crippen LogP contribution in [-0.4, -0.2) is 28.2 Å². The van der Waals surface area contributed by atoms with Gasteiger partial charge >= 0.3 is 0 Å². The zero-order chi connectivity index (χ0) is 15.9. The predicted octanol–water partition coefficient (Wildman–Crippen LogP) is 3.14. The van der Waals surface area contributed by atoms with E-state index in [1.807, 2.05) is 6.92 Å². The minimum Gasteiger partial charge on any atom is -0.274 e. The largest absolute Gasteiger partial charge is 0.277 e. The summed E-state index contributed by atoms with van der Waals surface area (Å²) in [5.74, 6) is -0.755. The van der Waals surface area contributed by atoms with E-state index >= 15 is 0 Å². The van der Waals surface area contributed by atoms with E-state index < -0.39 is 4.92 Å². The third kappa shape index (κ3) is 1.95. The molecule has 6 nitrogen and oxygen atoms in total. The third-order valence-electron chi connectivity index (χ3n) is 3.90. The van der Waals surface area contributed by atoms with E-state index in [2.05, 4.69) is 0 Å². The first-order valence-electron chi connectivity index (χ1n) is 7.12. The Morgan fingerprint density at radius 2 is 1.77 bits per heavy atom. The molecule has 1 aliphatic rings. The number of hydrogen-bond acceptors (Lipinski definition) is 4. The van der Waals surface area contributed by atoms with E-state index in [9.17, 15) is 19.7 Å². The molecule has 0 saturated heterocycles. The number of hydrogen-bond donors (Lipinski definition) is 0. The van der Waals surface area contributed by atoms with Gasteiger partial charge in [-0.25, -0.2) is 0 Å². The van der Waals surface area contributed by atoms with Crippen LogP contribution in [0.2, 0.25) is 0 Å². The summed E-state index contributed by atoms with van der Waals surface area (Å²) in [5.41, 5.74) is 0.613. The van der Waals surface area contributed by atoms with Crippen LogP contribution in [0.15, 0.2) is 30.3 Å². The number of carbonyl (C=O) groups excluding carboxylic acids is 2. The molecule has 0 bridgehead atoms. The SMILES string of the molecule is CCCCN1C(=O)c2cccc3c([N+](=O)[O-])ccc(c23)C1=O. The van der Waals surface area contributed by atoms with E-state index in [4.69, 9.17) is 0 Å². The van der Waals surface area contributed by atoms with Crippen molar-refractivity contribution in [2.75, 3.05) is 6.54 Å². The Balaban J connectivity index is 2.25. The van der Waals surface area contributed by atoms with Gasteiger partial charge in [-0.3, -0.25) is 24.6 Å². The molecule has 0 aromatic heterocycles. The van der Waals surface area contributed by atoms with Gasteiger partial charge in [0, 0.05) is 29.1 Å². The molecule has 0 aliphatic carbocycles. The number of carbonyl (C=O) groups is 2. The number of unbranched alkanes of at least 4 members (excludes halogenated alkanes) is 1. The molecule has 2 aromatic rings. The average molecular weight is 298 g/mol. The molecule has 22 heavy (non-hydrogen) atoms. The zero-order valence-corrected chi connectivity index (χ0v) is 12.0. The van der Waals surface area contributed by atoms with E-state index in [-0.39, 0.29) is 17.5 Å². The summed E-state index contributed by atoms with van der Waals surface area (Å²) < 4.78 is 0. The van der Waals surface area contributed by atoms with Crippen LogP contribution in [0.25, 0.3) is 10.8 Å². The first kappa shape index (κ1) is 14.2. The Hall–Kier alpha value is -2.76. The number of non-ortho nitro benzene ring substituents is 1. The fraction of sp³-hybridized carbons (Fsp3) is 0.250. The zero-order valence-electron chi connectivity index (χ0n) is 12.0. The Labute approximate surface area is 126 Å². The fourth-order valence-electron chi connectivity index (χ4n) is 2.81. The van der Waals surface area contributed by atoms with Gasteiger partial charge in [-0.2, -0.15) is 0 Å². The van der Waals surface area contributed by atoms with Gasteiger partial charge in [-0.05, 0) is 24.6 Å². The molecule has 1 aliphatic heterocycles. The van der Waals surface area contributed by atoms with Crippen molar-refractivity contribution in [2.45, 2.75) is 19.8 Å². The Bertz CT molecular complexity index is 791. The number of rotatable bonds is 4. The van der Waals surface area contributed by atoms with Gasteiger partial charge in [0.15, 0.2) is 0 Å². The molecule has 0 unspecified atom stereocenters. The maximum Gasteiger partial charge on any atom is 0.277 e. The lowest BCUT2D eigenvalue weighted by atomic mass is 9.93. The maximum absolute atomic E-state index is 12.5. The summed E-state index contributed by atoms with van der Waals surface area (Å²) in [7, 11) is 0. The van der Waals surface area contributed by atoms with Crippen molar-refractivity contribution in [3.63, 3.8) is 0 Å². The Morgan fingerprint density at radius 3 is 2.41 bits per heavy atom. The van der Waals surface area contributed by atoms with Crippen molar-refractivity contribution in [3.8, 4) is 0 Å².